The summed E-state index contributed by atoms with van der Waals surface area (Å²) < 4.78 is 17.2. The van der Waals surface area contributed by atoms with E-state index >= 15 is 0 Å². The number of benzene rings is 2. The monoisotopic (exact) mass is 1010 g/mol. The summed E-state index contributed by atoms with van der Waals surface area (Å²) in [4.78, 5) is 112. The minimum Gasteiger partial charge on any atom is -0.497 e. The molecule has 6 atom stereocenters. The summed E-state index contributed by atoms with van der Waals surface area (Å²) in [5.41, 5.74) is 0.848. The molecule has 0 saturated carbocycles. The fourth-order valence-electron chi connectivity index (χ4n) is 7.43. The van der Waals surface area contributed by atoms with Gasteiger partial charge in [0.2, 0.25) is 41.2 Å². The first-order valence-electron chi connectivity index (χ1n) is 21.6. The molecule has 11 N–H and O–H groups in total. The first-order chi connectivity index (χ1) is 33.9. The number of nitrogens with zero attached hydrogens (tertiary/aromatic N) is 2. The number of carbonyl (C=O) groups excluding carboxylic acids is 7. The van der Waals surface area contributed by atoms with E-state index in [2.05, 4.69) is 31.9 Å². The van der Waals surface area contributed by atoms with E-state index in [0.717, 1.165) is 24.3 Å². The third-order valence-electron chi connectivity index (χ3n) is 10.9. The van der Waals surface area contributed by atoms with Gasteiger partial charge in [0.25, 0.3) is 5.91 Å². The highest BCUT2D eigenvalue weighted by Crippen LogP contribution is 2.35. The normalized spacial score (nSPS) is 16.9. The fourth-order valence-corrected chi connectivity index (χ4v) is 8.97. The van der Waals surface area contributed by atoms with Crippen LogP contribution in [-0.4, -0.2) is 145 Å². The Balaban J connectivity index is 1.09. The van der Waals surface area contributed by atoms with Crippen molar-refractivity contribution in [2.75, 3.05) is 33.1 Å². The Morgan fingerprint density at radius 1 is 0.732 bits per heavy atom. The molecule has 26 nitrogen and oxygen atoms in total. The number of carboxylic acid groups (broad SMARTS) is 1. The maximum absolute atomic E-state index is 13.7. The van der Waals surface area contributed by atoms with Crippen LogP contribution in [0.25, 0.3) is 0 Å². The Kier molecular flexibility index (Phi) is 17.3. The van der Waals surface area contributed by atoms with E-state index in [1.807, 2.05) is 0 Å². The highest BCUT2D eigenvalue weighted by atomic mass is 32.2. The van der Waals surface area contributed by atoms with Gasteiger partial charge in [-0.05, 0) is 42.7 Å². The number of hydrogen-bond acceptors (Lipinski definition) is 18. The number of methoxy groups -OCH3 is 2. The molecule has 2 saturated heterocycles. The molecular weight excluding hydrogens is 961 g/mol. The van der Waals surface area contributed by atoms with Crippen LogP contribution in [0.3, 0.4) is 0 Å². The third kappa shape index (κ3) is 13.8. The van der Waals surface area contributed by atoms with Gasteiger partial charge in [-0.25, -0.2) is 19.2 Å². The number of rotatable bonds is 24. The summed E-state index contributed by atoms with van der Waals surface area (Å²) in [5, 5.41) is 64.5. The predicted octanol–water partition coefficient (Wildman–Crippen LogP) is -0.689. The number of urea groups is 1. The van der Waals surface area contributed by atoms with Crippen molar-refractivity contribution in [3.63, 3.8) is 0 Å². The standard InChI is InChI=1S/C44H50N8O18S/c1-66-24-10-11-25(29(16-24)67-2)40(22-6-8-23(9-7-22)68-20-33(55)47-27(43(63)64)18-39(61)70-52-36(58)14-15-37(52)59)49-32(54)19-45-42(62)26(17-38(60)69-51-34(56)12-13-35(51)57)46-31(53)5-3-4-30-41-28(21-71-30)48-44(65)50-41/h6-16,26-28,30,40-41,56-59H,3-5,17-21H2,1-2H3,(H,45,62)(H,46,53)(H,47,55)(H,49,54)(H,63,64)(H2,48,50,65). The van der Waals surface area contributed by atoms with Crippen molar-refractivity contribution in [2.45, 2.75) is 67.6 Å². The van der Waals surface area contributed by atoms with Crippen molar-refractivity contribution in [3.8, 4) is 40.8 Å². The molecule has 0 spiro atoms. The number of aromatic hydroxyl groups is 4. The van der Waals surface area contributed by atoms with Crippen LogP contribution in [0.2, 0.25) is 0 Å². The zero-order valence-corrected chi connectivity index (χ0v) is 38.6. The van der Waals surface area contributed by atoms with Gasteiger partial charge in [0, 0.05) is 53.3 Å². The Hall–Kier alpha value is -8.49. The summed E-state index contributed by atoms with van der Waals surface area (Å²) in [6, 6.07) is 10.1. The molecule has 380 valence electrons. The molecule has 4 aromatic rings. The fraction of sp³-hybridized carbons (Fsp3) is 0.364. The Labute approximate surface area is 406 Å². The predicted molar refractivity (Wildman–Crippen MR) is 243 cm³/mol. The number of carbonyl (C=O) groups is 8. The lowest BCUT2D eigenvalue weighted by molar-refractivity contribution is -0.151. The highest BCUT2D eigenvalue weighted by Gasteiger charge is 2.42. The van der Waals surface area contributed by atoms with E-state index in [-0.39, 0.29) is 41.3 Å². The first-order valence-corrected chi connectivity index (χ1v) is 22.6. The molecule has 0 aliphatic carbocycles. The Morgan fingerprint density at radius 2 is 1.32 bits per heavy atom. The minimum atomic E-state index is -1.78. The number of aromatic nitrogens is 2. The maximum atomic E-state index is 13.7. The van der Waals surface area contributed by atoms with Gasteiger partial charge in [-0.15, -0.1) is 9.46 Å². The number of thioether (sulfide) groups is 1. The quantitative estimate of drug-likeness (QED) is 0.0387. The lowest BCUT2D eigenvalue weighted by atomic mass is 9.97. The van der Waals surface area contributed by atoms with Crippen LogP contribution in [0.1, 0.15) is 49.3 Å². The van der Waals surface area contributed by atoms with Crippen molar-refractivity contribution >= 4 is 59.3 Å². The highest BCUT2D eigenvalue weighted by molar-refractivity contribution is 8.00. The van der Waals surface area contributed by atoms with Gasteiger partial charge in [0.1, 0.15) is 29.3 Å². The minimum absolute atomic E-state index is 0.0195. The average molecular weight is 1010 g/mol. The van der Waals surface area contributed by atoms with Crippen LogP contribution in [-0.2, 0) is 33.6 Å². The van der Waals surface area contributed by atoms with E-state index in [0.29, 0.717) is 44.9 Å². The van der Waals surface area contributed by atoms with Crippen molar-refractivity contribution in [1.29, 1.82) is 0 Å². The van der Waals surface area contributed by atoms with Crippen LogP contribution < -0.4 is 55.8 Å². The van der Waals surface area contributed by atoms with E-state index in [9.17, 15) is 63.9 Å². The van der Waals surface area contributed by atoms with Crippen LogP contribution in [0.4, 0.5) is 4.79 Å². The molecule has 4 heterocycles. The van der Waals surface area contributed by atoms with E-state index in [4.69, 9.17) is 23.9 Å². The van der Waals surface area contributed by atoms with E-state index in [1.54, 1.807) is 30.0 Å². The molecule has 6 amide bonds. The zero-order chi connectivity index (χ0) is 51.4. The smallest absolute Gasteiger partial charge is 0.335 e. The van der Waals surface area contributed by atoms with Gasteiger partial charge in [0.15, 0.2) is 6.61 Å². The zero-order valence-electron chi connectivity index (χ0n) is 37.8. The van der Waals surface area contributed by atoms with Crippen molar-refractivity contribution < 1.29 is 87.8 Å². The molecule has 27 heteroatoms. The molecule has 2 aliphatic rings. The second kappa shape index (κ2) is 23.7. The van der Waals surface area contributed by atoms with E-state index in [1.165, 1.54) is 38.5 Å². The maximum Gasteiger partial charge on any atom is 0.335 e. The van der Waals surface area contributed by atoms with Crippen LogP contribution in [0.5, 0.6) is 40.8 Å². The van der Waals surface area contributed by atoms with Crippen LogP contribution >= 0.6 is 11.8 Å². The lowest BCUT2D eigenvalue weighted by Crippen LogP contribution is -2.50. The molecule has 6 rings (SSSR count). The lowest BCUT2D eigenvalue weighted by Gasteiger charge is -2.23. The second-order valence-electron chi connectivity index (χ2n) is 15.8. The molecule has 0 bridgehead atoms. The van der Waals surface area contributed by atoms with Crippen molar-refractivity contribution in [2.24, 2.45) is 0 Å². The molecule has 2 aliphatic heterocycles. The molecule has 2 fully saturated rings. The number of amides is 6. The molecule has 6 unspecified atom stereocenters. The van der Waals surface area contributed by atoms with Crippen molar-refractivity contribution in [3.05, 3.63) is 77.9 Å². The molecule has 2 aromatic heterocycles. The molecule has 0 radical (unpaired) electrons. The summed E-state index contributed by atoms with van der Waals surface area (Å²) in [5.74, 6) is -8.21. The summed E-state index contributed by atoms with van der Waals surface area (Å²) >= 11 is 1.66. The van der Waals surface area contributed by atoms with Gasteiger partial charge in [-0.2, -0.15) is 11.8 Å². The van der Waals surface area contributed by atoms with Gasteiger partial charge in [0.05, 0.1) is 51.7 Å². The number of ether oxygens (including phenoxy) is 3. The summed E-state index contributed by atoms with van der Waals surface area (Å²) in [6.45, 7) is -1.39. The molecule has 2 aromatic carbocycles. The summed E-state index contributed by atoms with van der Waals surface area (Å²) in [6.07, 6.45) is -0.803. The number of hydrogen-bond donors (Lipinski definition) is 11. The molecule has 71 heavy (non-hydrogen) atoms. The van der Waals surface area contributed by atoms with Gasteiger partial charge >= 0.3 is 23.9 Å². The number of aliphatic carboxylic acids is 1. The van der Waals surface area contributed by atoms with Crippen LogP contribution in [0, 0.1) is 0 Å². The van der Waals surface area contributed by atoms with Crippen molar-refractivity contribution in [1.82, 2.24) is 41.4 Å². The number of fused-ring (bicyclic) bond motifs is 1. The van der Waals surface area contributed by atoms with Gasteiger partial charge in [-0.1, -0.05) is 12.1 Å². The second-order valence-corrected chi connectivity index (χ2v) is 17.1. The third-order valence-corrected chi connectivity index (χ3v) is 12.4. The van der Waals surface area contributed by atoms with Gasteiger partial charge < -0.3 is 81.3 Å². The molecular formula is C44H50N8O18S. The van der Waals surface area contributed by atoms with Gasteiger partial charge in [-0.3, -0.25) is 19.2 Å². The van der Waals surface area contributed by atoms with Crippen LogP contribution in [0.15, 0.2) is 66.7 Å². The summed E-state index contributed by atoms with van der Waals surface area (Å²) in [7, 11) is 2.83. The van der Waals surface area contributed by atoms with E-state index < -0.39 is 109 Å². The SMILES string of the molecule is COc1ccc(C(NC(=O)CNC(=O)C(CC(=O)On2c(O)ccc2O)NC(=O)CCCC2SCC3NC(=O)NC32)c2ccc(OCC(=O)NC(CC(=O)On3c(O)ccc3O)C(=O)O)cc2)c(OC)c1. The average Bonchev–Trinajstić information content (AvgIpc) is 4.09. The Morgan fingerprint density at radius 3 is 1.92 bits per heavy atom. The largest absolute Gasteiger partial charge is 0.497 e. The number of nitrogens with one attached hydrogen (secondary N) is 6. The number of carboxylic acids is 1. The Bertz CT molecular complexity index is 2580. The first kappa shape index (κ1) is 51.9. The topological polar surface area (TPSA) is 366 Å².